The lowest BCUT2D eigenvalue weighted by molar-refractivity contribution is -0.177. The Morgan fingerprint density at radius 3 is 2.43 bits per heavy atom. The molecule has 0 bridgehead atoms. The Morgan fingerprint density at radius 2 is 1.72 bits per heavy atom. The molecular weight excluding hydrogens is 594 g/mol. The maximum atomic E-state index is 13.9. The van der Waals surface area contributed by atoms with Crippen LogP contribution in [0.15, 0.2) is 54.6 Å². The number of fused-ring (bicyclic) bond motifs is 1. The highest BCUT2D eigenvalue weighted by Gasteiger charge is 2.46. The molecule has 0 saturated carbocycles. The molecule has 3 aliphatic heterocycles. The first-order chi connectivity index (χ1) is 22.1. The van der Waals surface area contributed by atoms with Gasteiger partial charge in [0.05, 0.1) is 13.0 Å². The van der Waals surface area contributed by atoms with Gasteiger partial charge in [-0.25, -0.2) is 5.01 Å². The predicted octanol–water partition coefficient (Wildman–Crippen LogP) is 2.27. The highest BCUT2D eigenvalue weighted by molar-refractivity contribution is 6.00. The van der Waals surface area contributed by atoms with E-state index in [1.54, 1.807) is 12.1 Å². The number of hydrazine groups is 1. The van der Waals surface area contributed by atoms with Crippen LogP contribution in [0.2, 0.25) is 0 Å². The van der Waals surface area contributed by atoms with E-state index >= 15 is 0 Å². The molecule has 3 fully saturated rings. The van der Waals surface area contributed by atoms with Gasteiger partial charge in [0.15, 0.2) is 0 Å². The molecule has 2 aromatic rings. The molecule has 3 aliphatic rings. The monoisotopic (exact) mass is 633 g/mol. The van der Waals surface area contributed by atoms with Crippen LogP contribution in [0.25, 0.3) is 0 Å². The number of amides is 5. The molecule has 13 nitrogen and oxygen atoms in total. The number of hydrogen-bond acceptors (Lipinski definition) is 8. The molecule has 3 saturated heterocycles. The third-order valence-electron chi connectivity index (χ3n) is 8.04. The van der Waals surface area contributed by atoms with E-state index in [0.29, 0.717) is 18.5 Å². The van der Waals surface area contributed by atoms with E-state index in [1.165, 1.54) is 17.1 Å². The fraction of sp³-hybridized carbons (Fsp3) is 0.455. The van der Waals surface area contributed by atoms with Crippen LogP contribution < -0.4 is 16.0 Å². The zero-order valence-corrected chi connectivity index (χ0v) is 25.9. The van der Waals surface area contributed by atoms with Gasteiger partial charge in [0.2, 0.25) is 24.0 Å². The standard InChI is InChI=1S/C33H39N5O8/c1-20(2)17-27(39)34-23-12-10-22(11-13-23)30(42)35-24-14-15-28(40)37-16-6-9-26(38(37)32(24)44)31(43)36-25-18-29(41)46-33(25)45-19-21-7-4-3-5-8-21/h3-5,7-8,10-13,20,24-26,33H,6,9,14-19H2,1-2H3,(H,34,39)(H,35,42)(H,36,43)/t24-,25-,26-,33?/m0/s1. The Morgan fingerprint density at radius 1 is 0.978 bits per heavy atom. The molecule has 0 radical (unpaired) electrons. The maximum absolute atomic E-state index is 13.9. The van der Waals surface area contributed by atoms with E-state index < -0.39 is 48.1 Å². The topological polar surface area (TPSA) is 163 Å². The molecule has 4 atom stereocenters. The maximum Gasteiger partial charge on any atom is 0.310 e. The highest BCUT2D eigenvalue weighted by Crippen LogP contribution is 2.26. The van der Waals surface area contributed by atoms with E-state index in [0.717, 1.165) is 10.6 Å². The molecule has 0 aliphatic carbocycles. The molecule has 3 N–H and O–H groups in total. The number of rotatable bonds is 10. The first-order valence-electron chi connectivity index (χ1n) is 15.6. The van der Waals surface area contributed by atoms with Gasteiger partial charge in [-0.2, -0.15) is 0 Å². The van der Waals surface area contributed by atoms with Gasteiger partial charge in [-0.05, 0) is 55.0 Å². The van der Waals surface area contributed by atoms with Gasteiger partial charge in [0.25, 0.3) is 11.8 Å². The Kier molecular flexibility index (Phi) is 10.3. The number of nitrogens with zero attached hydrogens (tertiary/aromatic N) is 2. The summed E-state index contributed by atoms with van der Waals surface area (Å²) in [5.41, 5.74) is 1.67. The molecule has 244 valence electrons. The van der Waals surface area contributed by atoms with Crippen LogP contribution in [0.1, 0.15) is 68.3 Å². The van der Waals surface area contributed by atoms with E-state index in [9.17, 15) is 28.8 Å². The van der Waals surface area contributed by atoms with Crippen LogP contribution in [-0.2, 0) is 40.1 Å². The minimum Gasteiger partial charge on any atom is -0.433 e. The van der Waals surface area contributed by atoms with Crippen molar-refractivity contribution >= 4 is 41.2 Å². The van der Waals surface area contributed by atoms with Gasteiger partial charge in [0, 0.05) is 30.6 Å². The smallest absolute Gasteiger partial charge is 0.310 e. The van der Waals surface area contributed by atoms with Crippen molar-refractivity contribution < 1.29 is 38.2 Å². The van der Waals surface area contributed by atoms with Crippen LogP contribution in [0.3, 0.4) is 0 Å². The number of carbonyl (C=O) groups excluding carboxylic acids is 6. The fourth-order valence-electron chi connectivity index (χ4n) is 5.77. The lowest BCUT2D eigenvalue weighted by Gasteiger charge is -2.43. The van der Waals surface area contributed by atoms with E-state index in [1.807, 2.05) is 44.2 Å². The highest BCUT2D eigenvalue weighted by atomic mass is 16.7. The number of ether oxygens (including phenoxy) is 2. The molecule has 1 unspecified atom stereocenters. The van der Waals surface area contributed by atoms with E-state index in [2.05, 4.69) is 16.0 Å². The Bertz CT molecular complexity index is 1460. The number of anilines is 1. The van der Waals surface area contributed by atoms with E-state index in [4.69, 9.17) is 9.47 Å². The Balaban J connectivity index is 1.24. The zero-order valence-electron chi connectivity index (χ0n) is 25.9. The van der Waals surface area contributed by atoms with Crippen molar-refractivity contribution in [1.82, 2.24) is 20.7 Å². The van der Waals surface area contributed by atoms with E-state index in [-0.39, 0.29) is 62.1 Å². The summed E-state index contributed by atoms with van der Waals surface area (Å²) >= 11 is 0. The summed E-state index contributed by atoms with van der Waals surface area (Å²) in [7, 11) is 0. The summed E-state index contributed by atoms with van der Waals surface area (Å²) in [6, 6.07) is 12.7. The number of carbonyl (C=O) groups is 6. The minimum absolute atomic E-state index is 0.00269. The lowest BCUT2D eigenvalue weighted by Crippen LogP contribution is -2.64. The Labute approximate surface area is 266 Å². The predicted molar refractivity (Wildman–Crippen MR) is 164 cm³/mol. The van der Waals surface area contributed by atoms with Crippen molar-refractivity contribution in [2.75, 3.05) is 11.9 Å². The summed E-state index contributed by atoms with van der Waals surface area (Å²) in [6.45, 7) is 4.31. The van der Waals surface area contributed by atoms with Crippen molar-refractivity contribution in [3.63, 3.8) is 0 Å². The third kappa shape index (κ3) is 7.89. The second-order valence-electron chi connectivity index (χ2n) is 12.1. The minimum atomic E-state index is -1.06. The molecule has 0 aromatic heterocycles. The van der Waals surface area contributed by atoms with Gasteiger partial charge >= 0.3 is 5.97 Å². The molecule has 0 spiro atoms. The van der Waals surface area contributed by atoms with Gasteiger partial charge in [-0.15, -0.1) is 0 Å². The van der Waals surface area contributed by atoms with Crippen molar-refractivity contribution in [2.24, 2.45) is 5.92 Å². The van der Waals surface area contributed by atoms with Gasteiger partial charge in [-0.1, -0.05) is 44.2 Å². The average molecular weight is 634 g/mol. The van der Waals surface area contributed by atoms with Crippen molar-refractivity contribution in [3.05, 3.63) is 65.7 Å². The van der Waals surface area contributed by atoms with Crippen LogP contribution in [0.4, 0.5) is 5.69 Å². The van der Waals surface area contributed by atoms with Crippen molar-refractivity contribution in [2.45, 2.75) is 83.4 Å². The summed E-state index contributed by atoms with van der Waals surface area (Å²) in [4.78, 5) is 78.0. The quantitative estimate of drug-likeness (QED) is 0.336. The SMILES string of the molecule is CC(C)CC(=O)Nc1ccc(C(=O)N[C@H]2CCC(=O)N3CCC[C@@H](C(=O)N[C@H]4CC(=O)OC4OCc4ccccc4)N3C2=O)cc1. The molecule has 2 aromatic carbocycles. The van der Waals surface area contributed by atoms with Crippen LogP contribution in [0, 0.1) is 5.92 Å². The largest absolute Gasteiger partial charge is 0.433 e. The second kappa shape index (κ2) is 14.5. The summed E-state index contributed by atoms with van der Waals surface area (Å²) < 4.78 is 11.1. The molecule has 5 amide bonds. The number of cyclic esters (lactones) is 1. The van der Waals surface area contributed by atoms with Gasteiger partial charge in [-0.3, -0.25) is 33.8 Å². The zero-order chi connectivity index (χ0) is 32.8. The summed E-state index contributed by atoms with van der Waals surface area (Å²) in [6.07, 6.45) is 0.0819. The molecule has 13 heteroatoms. The summed E-state index contributed by atoms with van der Waals surface area (Å²) in [5, 5.41) is 10.8. The number of hydrogen-bond donors (Lipinski definition) is 3. The van der Waals surface area contributed by atoms with Gasteiger partial charge < -0.3 is 25.4 Å². The number of esters is 1. The van der Waals surface area contributed by atoms with Crippen LogP contribution in [-0.4, -0.2) is 76.5 Å². The third-order valence-corrected chi connectivity index (χ3v) is 8.04. The first kappa shape index (κ1) is 32.6. The second-order valence-corrected chi connectivity index (χ2v) is 12.1. The van der Waals surface area contributed by atoms with Crippen LogP contribution in [0.5, 0.6) is 0 Å². The Hall–Kier alpha value is -4.78. The summed E-state index contributed by atoms with van der Waals surface area (Å²) in [5.74, 6) is -2.44. The molecule has 5 rings (SSSR count). The normalized spacial score (nSPS) is 23.0. The van der Waals surface area contributed by atoms with Crippen molar-refractivity contribution in [3.8, 4) is 0 Å². The first-order valence-corrected chi connectivity index (χ1v) is 15.6. The number of benzene rings is 2. The van der Waals surface area contributed by atoms with Crippen LogP contribution >= 0.6 is 0 Å². The van der Waals surface area contributed by atoms with Crippen molar-refractivity contribution in [1.29, 1.82) is 0 Å². The molecule has 46 heavy (non-hydrogen) atoms. The lowest BCUT2D eigenvalue weighted by atomic mass is 10.0. The average Bonchev–Trinajstić information content (AvgIpc) is 3.33. The fourth-order valence-corrected chi connectivity index (χ4v) is 5.77. The van der Waals surface area contributed by atoms with Gasteiger partial charge in [0.1, 0.15) is 18.1 Å². The molecule has 3 heterocycles. The number of nitrogens with one attached hydrogen (secondary N) is 3. The molecular formula is C33H39N5O8.